The molecule has 7 nitrogen and oxygen atoms in total. The summed E-state index contributed by atoms with van der Waals surface area (Å²) in [5, 5.41) is 5.55. The predicted octanol–water partition coefficient (Wildman–Crippen LogP) is 3.97. The third-order valence-electron chi connectivity index (χ3n) is 4.18. The number of benzene rings is 3. The molecule has 0 saturated carbocycles. The summed E-state index contributed by atoms with van der Waals surface area (Å²) in [5.74, 6) is 1.11. The Morgan fingerprint density at radius 1 is 0.767 bits per heavy atom. The molecule has 0 radical (unpaired) electrons. The monoisotopic (exact) mass is 406 g/mol. The lowest BCUT2D eigenvalue weighted by molar-refractivity contribution is -0.118. The minimum Gasteiger partial charge on any atom is -0.497 e. The van der Waals surface area contributed by atoms with Crippen molar-refractivity contribution >= 4 is 23.2 Å². The van der Waals surface area contributed by atoms with Gasteiger partial charge in [0.05, 0.1) is 14.2 Å². The maximum atomic E-state index is 12.4. The van der Waals surface area contributed by atoms with Crippen LogP contribution in [0.1, 0.15) is 10.4 Å². The number of nitrogens with one attached hydrogen (secondary N) is 2. The SMILES string of the molecule is COc1ccc(C(=O)Nc2cccc(NC(=O)COc3ccccc3OC)c2)cc1. The molecule has 7 heteroatoms. The van der Waals surface area contributed by atoms with Gasteiger partial charge in [-0.1, -0.05) is 18.2 Å². The van der Waals surface area contributed by atoms with E-state index >= 15 is 0 Å². The summed E-state index contributed by atoms with van der Waals surface area (Å²) in [4.78, 5) is 24.6. The van der Waals surface area contributed by atoms with Gasteiger partial charge < -0.3 is 24.8 Å². The zero-order valence-electron chi connectivity index (χ0n) is 16.7. The highest BCUT2D eigenvalue weighted by atomic mass is 16.5. The van der Waals surface area contributed by atoms with E-state index in [1.54, 1.807) is 73.8 Å². The van der Waals surface area contributed by atoms with Crippen molar-refractivity contribution < 1.29 is 23.8 Å². The zero-order chi connectivity index (χ0) is 21.3. The molecule has 0 saturated heterocycles. The molecular formula is C23H22N2O5. The van der Waals surface area contributed by atoms with Crippen molar-refractivity contribution in [3.05, 3.63) is 78.4 Å². The van der Waals surface area contributed by atoms with Gasteiger partial charge in [-0.25, -0.2) is 0 Å². The van der Waals surface area contributed by atoms with Crippen LogP contribution in [0.25, 0.3) is 0 Å². The van der Waals surface area contributed by atoms with E-state index in [-0.39, 0.29) is 18.4 Å². The number of ether oxygens (including phenoxy) is 3. The van der Waals surface area contributed by atoms with Crippen molar-refractivity contribution in [3.8, 4) is 17.2 Å². The smallest absolute Gasteiger partial charge is 0.262 e. The first kappa shape index (κ1) is 20.7. The Labute approximate surface area is 174 Å². The molecule has 0 aliphatic carbocycles. The van der Waals surface area contributed by atoms with Gasteiger partial charge in [0.1, 0.15) is 5.75 Å². The molecule has 30 heavy (non-hydrogen) atoms. The summed E-state index contributed by atoms with van der Waals surface area (Å²) >= 11 is 0. The van der Waals surface area contributed by atoms with Crippen LogP contribution in [0.4, 0.5) is 11.4 Å². The average molecular weight is 406 g/mol. The Bertz CT molecular complexity index is 1020. The van der Waals surface area contributed by atoms with Crippen LogP contribution < -0.4 is 24.8 Å². The van der Waals surface area contributed by atoms with Gasteiger partial charge in [0, 0.05) is 16.9 Å². The normalized spacial score (nSPS) is 10.1. The number of rotatable bonds is 8. The third kappa shape index (κ3) is 5.51. The second-order valence-electron chi connectivity index (χ2n) is 6.25. The van der Waals surface area contributed by atoms with Crippen LogP contribution in [-0.4, -0.2) is 32.6 Å². The maximum absolute atomic E-state index is 12.4. The number of methoxy groups -OCH3 is 2. The second-order valence-corrected chi connectivity index (χ2v) is 6.25. The molecule has 0 aromatic heterocycles. The summed E-state index contributed by atoms with van der Waals surface area (Å²) in [6, 6.07) is 20.7. The van der Waals surface area contributed by atoms with Gasteiger partial charge >= 0.3 is 0 Å². The number of carbonyl (C=O) groups is 2. The van der Waals surface area contributed by atoms with Crippen molar-refractivity contribution in [2.75, 3.05) is 31.5 Å². The van der Waals surface area contributed by atoms with Gasteiger partial charge in [-0.15, -0.1) is 0 Å². The fourth-order valence-electron chi connectivity index (χ4n) is 2.70. The molecule has 154 valence electrons. The zero-order valence-corrected chi connectivity index (χ0v) is 16.7. The molecule has 0 heterocycles. The lowest BCUT2D eigenvalue weighted by atomic mass is 10.2. The van der Waals surface area contributed by atoms with Crippen LogP contribution in [0.3, 0.4) is 0 Å². The number of anilines is 2. The van der Waals surface area contributed by atoms with Gasteiger partial charge in [-0.2, -0.15) is 0 Å². The van der Waals surface area contributed by atoms with E-state index in [2.05, 4.69) is 10.6 Å². The fourth-order valence-corrected chi connectivity index (χ4v) is 2.70. The van der Waals surface area contributed by atoms with Gasteiger partial charge in [0.2, 0.25) is 0 Å². The molecule has 2 amide bonds. The lowest BCUT2D eigenvalue weighted by Crippen LogP contribution is -2.20. The Balaban J connectivity index is 1.57. The van der Waals surface area contributed by atoms with E-state index in [0.29, 0.717) is 34.2 Å². The van der Waals surface area contributed by atoms with E-state index < -0.39 is 0 Å². The summed E-state index contributed by atoms with van der Waals surface area (Å²) in [7, 11) is 3.10. The van der Waals surface area contributed by atoms with Gasteiger partial charge in [0.15, 0.2) is 18.1 Å². The third-order valence-corrected chi connectivity index (χ3v) is 4.18. The standard InChI is InChI=1S/C23H22N2O5/c1-28-19-12-10-16(11-13-19)23(27)25-18-7-5-6-17(14-18)24-22(26)15-30-21-9-4-3-8-20(21)29-2/h3-14H,15H2,1-2H3,(H,24,26)(H,25,27). The first-order valence-electron chi connectivity index (χ1n) is 9.20. The molecule has 0 atom stereocenters. The van der Waals surface area contributed by atoms with Gasteiger partial charge in [0.25, 0.3) is 11.8 Å². The van der Waals surface area contributed by atoms with E-state index in [4.69, 9.17) is 14.2 Å². The molecule has 0 unspecified atom stereocenters. The summed E-state index contributed by atoms with van der Waals surface area (Å²) in [6.45, 7) is -0.178. The van der Waals surface area contributed by atoms with E-state index in [1.807, 2.05) is 6.07 Å². The molecule has 0 aliphatic rings. The summed E-state index contributed by atoms with van der Waals surface area (Å²) < 4.78 is 15.8. The largest absolute Gasteiger partial charge is 0.497 e. The highest BCUT2D eigenvalue weighted by molar-refractivity contribution is 6.04. The number of para-hydroxylation sites is 2. The van der Waals surface area contributed by atoms with E-state index in [0.717, 1.165) is 0 Å². The number of hydrogen-bond acceptors (Lipinski definition) is 5. The topological polar surface area (TPSA) is 85.9 Å². The van der Waals surface area contributed by atoms with Crippen LogP contribution in [0.15, 0.2) is 72.8 Å². The molecule has 0 spiro atoms. The molecule has 3 aromatic rings. The highest BCUT2D eigenvalue weighted by Gasteiger charge is 2.09. The molecule has 0 bridgehead atoms. The van der Waals surface area contributed by atoms with Crippen LogP contribution in [0.5, 0.6) is 17.2 Å². The number of hydrogen-bond donors (Lipinski definition) is 2. The summed E-state index contributed by atoms with van der Waals surface area (Å²) in [5.41, 5.74) is 1.59. The van der Waals surface area contributed by atoms with Gasteiger partial charge in [-0.05, 0) is 54.6 Å². The summed E-state index contributed by atoms with van der Waals surface area (Å²) in [6.07, 6.45) is 0. The van der Waals surface area contributed by atoms with E-state index in [9.17, 15) is 9.59 Å². The van der Waals surface area contributed by atoms with Crippen molar-refractivity contribution in [2.24, 2.45) is 0 Å². The molecule has 3 rings (SSSR count). The van der Waals surface area contributed by atoms with Crippen LogP contribution in [0, 0.1) is 0 Å². The molecule has 3 aromatic carbocycles. The molecule has 2 N–H and O–H groups in total. The number of carbonyl (C=O) groups excluding carboxylic acids is 2. The quantitative estimate of drug-likeness (QED) is 0.591. The van der Waals surface area contributed by atoms with Crippen molar-refractivity contribution in [2.45, 2.75) is 0 Å². The minimum atomic E-state index is -0.334. The van der Waals surface area contributed by atoms with Crippen molar-refractivity contribution in [1.29, 1.82) is 0 Å². The van der Waals surface area contributed by atoms with Gasteiger partial charge in [-0.3, -0.25) is 9.59 Å². The van der Waals surface area contributed by atoms with Crippen molar-refractivity contribution in [3.63, 3.8) is 0 Å². The Morgan fingerprint density at radius 3 is 2.10 bits per heavy atom. The lowest BCUT2D eigenvalue weighted by Gasteiger charge is -2.11. The predicted molar refractivity (Wildman–Crippen MR) is 115 cm³/mol. The van der Waals surface area contributed by atoms with Crippen LogP contribution in [0.2, 0.25) is 0 Å². The van der Waals surface area contributed by atoms with E-state index in [1.165, 1.54) is 7.11 Å². The fraction of sp³-hybridized carbons (Fsp3) is 0.130. The highest BCUT2D eigenvalue weighted by Crippen LogP contribution is 2.25. The van der Waals surface area contributed by atoms with Crippen LogP contribution >= 0.6 is 0 Å². The van der Waals surface area contributed by atoms with Crippen LogP contribution in [-0.2, 0) is 4.79 Å². The Morgan fingerprint density at radius 2 is 1.43 bits per heavy atom. The Kier molecular flexibility index (Phi) is 6.89. The van der Waals surface area contributed by atoms with Crippen molar-refractivity contribution in [1.82, 2.24) is 0 Å². The minimum absolute atomic E-state index is 0.178. The second kappa shape index (κ2) is 9.97. The average Bonchev–Trinajstić information content (AvgIpc) is 2.78. The maximum Gasteiger partial charge on any atom is 0.262 e. The first-order valence-corrected chi connectivity index (χ1v) is 9.20. The number of amides is 2. The molecule has 0 fully saturated rings. The first-order chi connectivity index (χ1) is 14.6. The molecular weight excluding hydrogens is 384 g/mol. The molecule has 0 aliphatic heterocycles. The Hall–Kier alpha value is -4.00.